The van der Waals surface area contributed by atoms with Crippen LogP contribution in [0.4, 0.5) is 0 Å². The van der Waals surface area contributed by atoms with Crippen LogP contribution in [0.5, 0.6) is 0 Å². The fraction of sp³-hybridized carbons (Fsp3) is 0.333. The number of nitrogens with zero attached hydrogens (tertiary/aromatic N) is 1. The van der Waals surface area contributed by atoms with E-state index in [0.29, 0.717) is 24.6 Å². The van der Waals surface area contributed by atoms with E-state index in [2.05, 4.69) is 5.32 Å². The Kier molecular flexibility index (Phi) is 3.07. The molecule has 4 heteroatoms. The van der Waals surface area contributed by atoms with E-state index in [1.807, 2.05) is 29.0 Å². The summed E-state index contributed by atoms with van der Waals surface area (Å²) in [6.45, 7) is 0.604. The third-order valence-corrected chi connectivity index (χ3v) is 3.47. The average molecular weight is 256 g/mol. The molecule has 4 nitrogen and oxygen atoms in total. The first kappa shape index (κ1) is 12.0. The molecule has 1 saturated carbocycles. The van der Waals surface area contributed by atoms with Crippen molar-refractivity contribution in [2.75, 3.05) is 0 Å². The minimum atomic E-state index is 0.0907. The Morgan fingerprint density at radius 2 is 2.21 bits per heavy atom. The largest absolute Gasteiger partial charge is 0.353 e. The number of amides is 1. The van der Waals surface area contributed by atoms with Crippen LogP contribution in [0.15, 0.2) is 30.5 Å². The number of aromatic nitrogens is 1. The summed E-state index contributed by atoms with van der Waals surface area (Å²) in [7, 11) is 0. The number of aldehydes is 1. The van der Waals surface area contributed by atoms with E-state index in [1.165, 1.54) is 0 Å². The molecule has 19 heavy (non-hydrogen) atoms. The van der Waals surface area contributed by atoms with Gasteiger partial charge < -0.3 is 9.88 Å². The second-order valence-electron chi connectivity index (χ2n) is 5.00. The van der Waals surface area contributed by atoms with Gasteiger partial charge in [0.15, 0.2) is 6.29 Å². The molecule has 0 saturated heterocycles. The van der Waals surface area contributed by atoms with Gasteiger partial charge in [0, 0.05) is 36.2 Å². The zero-order valence-electron chi connectivity index (χ0n) is 10.6. The molecule has 1 amide bonds. The highest BCUT2D eigenvalue weighted by atomic mass is 16.1. The Balaban J connectivity index is 1.76. The highest BCUT2D eigenvalue weighted by molar-refractivity contribution is 5.96. The molecule has 0 aliphatic heterocycles. The molecule has 1 fully saturated rings. The zero-order chi connectivity index (χ0) is 13.2. The molecule has 1 aliphatic carbocycles. The van der Waals surface area contributed by atoms with Crippen molar-refractivity contribution in [3.05, 3.63) is 36.0 Å². The van der Waals surface area contributed by atoms with Gasteiger partial charge in [-0.3, -0.25) is 9.59 Å². The number of fused-ring (bicyclic) bond motifs is 1. The lowest BCUT2D eigenvalue weighted by Crippen LogP contribution is -2.26. The molecule has 98 valence electrons. The van der Waals surface area contributed by atoms with Crippen molar-refractivity contribution in [1.82, 2.24) is 9.88 Å². The summed E-state index contributed by atoms with van der Waals surface area (Å²) in [6.07, 6.45) is 5.46. The van der Waals surface area contributed by atoms with Crippen LogP contribution in [0.3, 0.4) is 0 Å². The maximum Gasteiger partial charge on any atom is 0.222 e. The van der Waals surface area contributed by atoms with E-state index in [4.69, 9.17) is 0 Å². The smallest absolute Gasteiger partial charge is 0.222 e. The van der Waals surface area contributed by atoms with Crippen LogP contribution >= 0.6 is 0 Å². The van der Waals surface area contributed by atoms with Crippen molar-refractivity contribution in [3.8, 4) is 0 Å². The van der Waals surface area contributed by atoms with Crippen LogP contribution in [0.25, 0.3) is 10.9 Å². The van der Waals surface area contributed by atoms with E-state index in [0.717, 1.165) is 30.0 Å². The molecule has 0 unspecified atom stereocenters. The van der Waals surface area contributed by atoms with Gasteiger partial charge in [0.2, 0.25) is 5.91 Å². The third-order valence-electron chi connectivity index (χ3n) is 3.47. The molecule has 1 aromatic carbocycles. The van der Waals surface area contributed by atoms with Crippen LogP contribution in [0.2, 0.25) is 0 Å². The molecule has 0 radical (unpaired) electrons. The molecule has 2 aromatic rings. The van der Waals surface area contributed by atoms with Gasteiger partial charge in [-0.15, -0.1) is 0 Å². The first-order valence-electron chi connectivity index (χ1n) is 6.60. The van der Waals surface area contributed by atoms with Gasteiger partial charge in [-0.25, -0.2) is 0 Å². The highest BCUT2D eigenvalue weighted by Gasteiger charge is 2.22. The number of benzene rings is 1. The third kappa shape index (κ3) is 2.52. The summed E-state index contributed by atoms with van der Waals surface area (Å²) in [5.74, 6) is 0.0907. The molecular weight excluding hydrogens is 240 g/mol. The number of carbonyl (C=O) groups excluding carboxylic acids is 2. The van der Waals surface area contributed by atoms with Crippen molar-refractivity contribution < 1.29 is 9.59 Å². The van der Waals surface area contributed by atoms with E-state index < -0.39 is 0 Å². The first-order valence-corrected chi connectivity index (χ1v) is 6.60. The predicted molar refractivity (Wildman–Crippen MR) is 73.1 cm³/mol. The number of hydrogen-bond donors (Lipinski definition) is 1. The Morgan fingerprint density at radius 1 is 1.37 bits per heavy atom. The molecule has 1 aliphatic rings. The molecule has 3 rings (SSSR count). The Bertz CT molecular complexity index is 626. The number of carbonyl (C=O) groups is 2. The van der Waals surface area contributed by atoms with Crippen molar-refractivity contribution >= 4 is 23.1 Å². The summed E-state index contributed by atoms with van der Waals surface area (Å²) in [4.78, 5) is 22.8. The van der Waals surface area contributed by atoms with Gasteiger partial charge in [0.05, 0.1) is 5.52 Å². The topological polar surface area (TPSA) is 51.1 Å². The fourth-order valence-electron chi connectivity index (χ4n) is 2.32. The first-order chi connectivity index (χ1) is 9.28. The minimum absolute atomic E-state index is 0.0907. The SMILES string of the molecule is O=Cc1cccc2ccn(CCC(=O)NC3CC3)c12. The van der Waals surface area contributed by atoms with Crippen LogP contribution in [-0.2, 0) is 11.3 Å². The van der Waals surface area contributed by atoms with Crippen LogP contribution in [-0.4, -0.2) is 22.8 Å². The van der Waals surface area contributed by atoms with Gasteiger partial charge >= 0.3 is 0 Å². The number of para-hydroxylation sites is 1. The van der Waals surface area contributed by atoms with E-state index in [1.54, 1.807) is 6.07 Å². The van der Waals surface area contributed by atoms with Crippen molar-refractivity contribution in [2.24, 2.45) is 0 Å². The highest BCUT2D eigenvalue weighted by Crippen LogP contribution is 2.20. The summed E-state index contributed by atoms with van der Waals surface area (Å²) >= 11 is 0. The van der Waals surface area contributed by atoms with Crippen molar-refractivity contribution in [2.45, 2.75) is 31.8 Å². The zero-order valence-corrected chi connectivity index (χ0v) is 10.6. The Morgan fingerprint density at radius 3 is 2.95 bits per heavy atom. The van der Waals surface area contributed by atoms with Gasteiger partial charge in [0.25, 0.3) is 0 Å². The Hall–Kier alpha value is -2.10. The number of rotatable bonds is 5. The fourth-order valence-corrected chi connectivity index (χ4v) is 2.32. The van der Waals surface area contributed by atoms with Crippen LogP contribution < -0.4 is 5.32 Å². The summed E-state index contributed by atoms with van der Waals surface area (Å²) in [6, 6.07) is 8.02. The summed E-state index contributed by atoms with van der Waals surface area (Å²) in [5.41, 5.74) is 1.59. The molecule has 1 N–H and O–H groups in total. The second kappa shape index (κ2) is 4.88. The summed E-state index contributed by atoms with van der Waals surface area (Å²) < 4.78 is 1.98. The molecule has 0 spiro atoms. The molecular formula is C15H16N2O2. The maximum absolute atomic E-state index is 11.7. The van der Waals surface area contributed by atoms with E-state index >= 15 is 0 Å². The standard InChI is InChI=1S/C15H16N2O2/c18-10-12-3-1-2-11-6-8-17(15(11)12)9-7-14(19)16-13-4-5-13/h1-3,6,8,10,13H,4-5,7,9H2,(H,16,19). The molecule has 1 aromatic heterocycles. The van der Waals surface area contributed by atoms with Crippen molar-refractivity contribution in [3.63, 3.8) is 0 Å². The Labute approximate surface area is 111 Å². The number of nitrogens with one attached hydrogen (secondary N) is 1. The van der Waals surface area contributed by atoms with Crippen LogP contribution in [0, 0.1) is 0 Å². The van der Waals surface area contributed by atoms with Crippen molar-refractivity contribution in [1.29, 1.82) is 0 Å². The maximum atomic E-state index is 11.7. The predicted octanol–water partition coefficient (Wildman–Crippen LogP) is 2.12. The van der Waals surface area contributed by atoms with Gasteiger partial charge in [-0.1, -0.05) is 12.1 Å². The van der Waals surface area contributed by atoms with E-state index in [-0.39, 0.29) is 5.91 Å². The number of aryl methyl sites for hydroxylation is 1. The molecule has 0 bridgehead atoms. The van der Waals surface area contributed by atoms with Gasteiger partial charge in [-0.2, -0.15) is 0 Å². The quantitative estimate of drug-likeness (QED) is 0.833. The lowest BCUT2D eigenvalue weighted by atomic mass is 10.1. The summed E-state index contributed by atoms with van der Waals surface area (Å²) in [5, 5.41) is 4.01. The second-order valence-corrected chi connectivity index (χ2v) is 5.00. The van der Waals surface area contributed by atoms with E-state index in [9.17, 15) is 9.59 Å². The molecule has 1 heterocycles. The monoisotopic (exact) mass is 256 g/mol. The minimum Gasteiger partial charge on any atom is -0.353 e. The lowest BCUT2D eigenvalue weighted by molar-refractivity contribution is -0.121. The van der Waals surface area contributed by atoms with Gasteiger partial charge in [0.1, 0.15) is 0 Å². The lowest BCUT2D eigenvalue weighted by Gasteiger charge is -2.07. The number of hydrogen-bond acceptors (Lipinski definition) is 2. The molecule has 0 atom stereocenters. The van der Waals surface area contributed by atoms with Gasteiger partial charge in [-0.05, 0) is 25.0 Å². The average Bonchev–Trinajstić information content (AvgIpc) is 3.13. The van der Waals surface area contributed by atoms with Crippen LogP contribution in [0.1, 0.15) is 29.6 Å². The normalized spacial score (nSPS) is 14.5.